The summed E-state index contributed by atoms with van der Waals surface area (Å²) >= 11 is 0. The fraction of sp³-hybridized carbons (Fsp3) is 0.700. The third kappa shape index (κ3) is 3.36. The van der Waals surface area contributed by atoms with Gasteiger partial charge < -0.3 is 5.11 Å². The van der Waals surface area contributed by atoms with Crippen LogP contribution < -0.4 is 0 Å². The minimum atomic E-state index is -4.13. The third-order valence-corrected chi connectivity index (χ3v) is 2.99. The number of hydrogen-bond donors (Lipinski definition) is 2. The summed E-state index contributed by atoms with van der Waals surface area (Å²) in [6, 6.07) is 1.53. The summed E-state index contributed by atoms with van der Waals surface area (Å²) in [5.41, 5.74) is 0.731. The predicted molar refractivity (Wildman–Crippen MR) is 54.7 cm³/mol. The van der Waals surface area contributed by atoms with E-state index in [-0.39, 0.29) is 11.8 Å². The van der Waals surface area contributed by atoms with Crippen molar-refractivity contribution in [3.05, 3.63) is 11.8 Å². The zero-order valence-corrected chi connectivity index (χ0v) is 9.17. The SMILES string of the molecule is Oc1cc(C2CCN(CC(F)(F)F)CC2)n[nH]1. The Hall–Kier alpha value is -1.24. The zero-order valence-electron chi connectivity index (χ0n) is 9.17. The van der Waals surface area contributed by atoms with Gasteiger partial charge in [-0.3, -0.25) is 4.90 Å². The molecule has 4 nitrogen and oxygen atoms in total. The Morgan fingerprint density at radius 1 is 1.41 bits per heavy atom. The number of aromatic hydroxyl groups is 1. The molecule has 1 aromatic rings. The minimum Gasteiger partial charge on any atom is -0.494 e. The first-order valence-corrected chi connectivity index (χ1v) is 5.47. The van der Waals surface area contributed by atoms with Crippen molar-refractivity contribution in [2.24, 2.45) is 0 Å². The first kappa shape index (κ1) is 12.2. The molecular formula is C10H14F3N3O. The van der Waals surface area contributed by atoms with Crippen LogP contribution >= 0.6 is 0 Å². The van der Waals surface area contributed by atoms with Gasteiger partial charge in [0.05, 0.1) is 12.2 Å². The first-order chi connectivity index (χ1) is 7.94. The molecule has 0 unspecified atom stereocenters. The van der Waals surface area contributed by atoms with Gasteiger partial charge in [-0.05, 0) is 25.9 Å². The van der Waals surface area contributed by atoms with E-state index >= 15 is 0 Å². The summed E-state index contributed by atoms with van der Waals surface area (Å²) < 4.78 is 36.5. The van der Waals surface area contributed by atoms with Crippen LogP contribution in [-0.2, 0) is 0 Å². The van der Waals surface area contributed by atoms with Crippen LogP contribution in [0.3, 0.4) is 0 Å². The molecule has 1 saturated heterocycles. The summed E-state index contributed by atoms with van der Waals surface area (Å²) in [7, 11) is 0. The molecule has 0 radical (unpaired) electrons. The maximum atomic E-state index is 12.2. The number of rotatable bonds is 2. The van der Waals surface area contributed by atoms with Gasteiger partial charge in [0, 0.05) is 12.0 Å². The molecule has 0 spiro atoms. The number of aromatic nitrogens is 2. The third-order valence-electron chi connectivity index (χ3n) is 2.99. The maximum absolute atomic E-state index is 12.2. The molecule has 0 bridgehead atoms. The van der Waals surface area contributed by atoms with E-state index in [1.165, 1.54) is 11.0 Å². The smallest absolute Gasteiger partial charge is 0.401 e. The molecule has 1 aliphatic rings. The van der Waals surface area contributed by atoms with E-state index in [0.29, 0.717) is 25.9 Å². The molecule has 0 amide bonds. The lowest BCUT2D eigenvalue weighted by atomic mass is 9.94. The molecule has 2 N–H and O–H groups in total. The van der Waals surface area contributed by atoms with Crippen LogP contribution in [0.2, 0.25) is 0 Å². The topological polar surface area (TPSA) is 52.1 Å². The van der Waals surface area contributed by atoms with Gasteiger partial charge in [0.15, 0.2) is 0 Å². The van der Waals surface area contributed by atoms with E-state index in [9.17, 15) is 13.2 Å². The van der Waals surface area contributed by atoms with E-state index in [0.717, 1.165) is 5.69 Å². The average molecular weight is 249 g/mol. The highest BCUT2D eigenvalue weighted by molar-refractivity contribution is 5.16. The second-order valence-corrected chi connectivity index (χ2v) is 4.34. The number of likely N-dealkylation sites (tertiary alicyclic amines) is 1. The fourth-order valence-corrected chi connectivity index (χ4v) is 2.18. The van der Waals surface area contributed by atoms with Gasteiger partial charge in [-0.15, -0.1) is 0 Å². The van der Waals surface area contributed by atoms with Crippen LogP contribution in [0.4, 0.5) is 13.2 Å². The number of piperidine rings is 1. The van der Waals surface area contributed by atoms with Gasteiger partial charge in [0.25, 0.3) is 0 Å². The van der Waals surface area contributed by atoms with E-state index in [4.69, 9.17) is 5.11 Å². The standard InChI is InChI=1S/C10H14F3N3O/c11-10(12,13)6-16-3-1-7(2-4-16)8-5-9(17)15-14-8/h5,7H,1-4,6H2,(H2,14,15,17). The summed E-state index contributed by atoms with van der Waals surface area (Å²) in [5, 5.41) is 15.5. The number of alkyl halides is 3. The number of nitrogens with zero attached hydrogens (tertiary/aromatic N) is 2. The molecule has 1 aliphatic heterocycles. The van der Waals surface area contributed by atoms with E-state index in [1.54, 1.807) is 0 Å². The Labute approximate surface area is 96.4 Å². The molecule has 0 saturated carbocycles. The van der Waals surface area contributed by atoms with Crippen molar-refractivity contribution < 1.29 is 18.3 Å². The van der Waals surface area contributed by atoms with Gasteiger partial charge in [-0.1, -0.05) is 0 Å². The van der Waals surface area contributed by atoms with Crippen LogP contribution in [0.1, 0.15) is 24.5 Å². The van der Waals surface area contributed by atoms with Gasteiger partial charge in [-0.2, -0.15) is 18.3 Å². The lowest BCUT2D eigenvalue weighted by Crippen LogP contribution is -2.39. The highest BCUT2D eigenvalue weighted by atomic mass is 19.4. The minimum absolute atomic E-state index is 0.00211. The molecule has 7 heteroatoms. The van der Waals surface area contributed by atoms with Crippen LogP contribution in [0, 0.1) is 0 Å². The Morgan fingerprint density at radius 2 is 2.06 bits per heavy atom. The number of halogens is 3. The number of hydrogen-bond acceptors (Lipinski definition) is 3. The molecule has 17 heavy (non-hydrogen) atoms. The zero-order chi connectivity index (χ0) is 12.5. The number of H-pyrrole nitrogens is 1. The van der Waals surface area contributed by atoms with E-state index in [2.05, 4.69) is 10.2 Å². The Kier molecular flexibility index (Phi) is 3.28. The van der Waals surface area contributed by atoms with Crippen molar-refractivity contribution in [1.82, 2.24) is 15.1 Å². The van der Waals surface area contributed by atoms with Crippen LogP contribution in [-0.4, -0.2) is 46.0 Å². The van der Waals surface area contributed by atoms with Crippen molar-refractivity contribution in [3.63, 3.8) is 0 Å². The normalized spacial score (nSPS) is 19.7. The molecule has 0 aliphatic carbocycles. The highest BCUT2D eigenvalue weighted by Gasteiger charge is 2.33. The van der Waals surface area contributed by atoms with E-state index in [1.807, 2.05) is 0 Å². The molecule has 0 atom stereocenters. The van der Waals surface area contributed by atoms with Crippen molar-refractivity contribution in [2.45, 2.75) is 24.9 Å². The first-order valence-electron chi connectivity index (χ1n) is 5.47. The van der Waals surface area contributed by atoms with Gasteiger partial charge >= 0.3 is 6.18 Å². The fourth-order valence-electron chi connectivity index (χ4n) is 2.18. The number of aromatic amines is 1. The Balaban J connectivity index is 1.86. The Bertz CT molecular complexity index is 369. The summed E-state index contributed by atoms with van der Waals surface area (Å²) in [6.07, 6.45) is -2.85. The lowest BCUT2D eigenvalue weighted by Gasteiger charge is -2.31. The maximum Gasteiger partial charge on any atom is 0.401 e. The second kappa shape index (κ2) is 4.56. The number of nitrogens with one attached hydrogen (secondary N) is 1. The van der Waals surface area contributed by atoms with Crippen LogP contribution in [0.15, 0.2) is 6.07 Å². The molecule has 1 aromatic heterocycles. The summed E-state index contributed by atoms with van der Waals surface area (Å²) in [5.74, 6) is 0.134. The molecular weight excluding hydrogens is 235 g/mol. The molecule has 96 valence electrons. The highest BCUT2D eigenvalue weighted by Crippen LogP contribution is 2.29. The quantitative estimate of drug-likeness (QED) is 0.841. The van der Waals surface area contributed by atoms with Gasteiger partial charge in [-0.25, -0.2) is 5.10 Å². The van der Waals surface area contributed by atoms with Gasteiger partial charge in [0.2, 0.25) is 5.88 Å². The molecule has 0 aromatic carbocycles. The van der Waals surface area contributed by atoms with Crippen molar-refractivity contribution >= 4 is 0 Å². The van der Waals surface area contributed by atoms with E-state index < -0.39 is 12.7 Å². The predicted octanol–water partition coefficient (Wildman–Crippen LogP) is 1.86. The lowest BCUT2D eigenvalue weighted by molar-refractivity contribution is -0.147. The van der Waals surface area contributed by atoms with Crippen molar-refractivity contribution in [1.29, 1.82) is 0 Å². The molecule has 2 rings (SSSR count). The molecule has 1 fully saturated rings. The van der Waals surface area contributed by atoms with Crippen molar-refractivity contribution in [2.75, 3.05) is 19.6 Å². The van der Waals surface area contributed by atoms with Gasteiger partial charge in [0.1, 0.15) is 0 Å². The van der Waals surface area contributed by atoms with Crippen LogP contribution in [0.5, 0.6) is 5.88 Å². The summed E-state index contributed by atoms with van der Waals surface area (Å²) in [6.45, 7) is -0.0128. The monoisotopic (exact) mass is 249 g/mol. The van der Waals surface area contributed by atoms with Crippen LogP contribution in [0.25, 0.3) is 0 Å². The average Bonchev–Trinajstić information content (AvgIpc) is 2.63. The molecule has 2 heterocycles. The second-order valence-electron chi connectivity index (χ2n) is 4.34. The summed E-state index contributed by atoms with van der Waals surface area (Å²) in [4.78, 5) is 1.41. The van der Waals surface area contributed by atoms with Crippen molar-refractivity contribution in [3.8, 4) is 5.88 Å². The largest absolute Gasteiger partial charge is 0.494 e. The Morgan fingerprint density at radius 3 is 2.53 bits per heavy atom.